The van der Waals surface area contributed by atoms with Crippen molar-refractivity contribution in [1.29, 1.82) is 0 Å². The average Bonchev–Trinajstić information content (AvgIpc) is 3.32. The zero-order chi connectivity index (χ0) is 50.3. The van der Waals surface area contributed by atoms with Crippen molar-refractivity contribution < 1.29 is 62.9 Å². The van der Waals surface area contributed by atoms with Crippen LogP contribution in [-0.4, -0.2) is 139 Å². The van der Waals surface area contributed by atoms with Gasteiger partial charge < -0.3 is 48.6 Å². The quantitative estimate of drug-likeness (QED) is 0.120. The smallest absolute Gasteiger partial charge is 0.329 e. The van der Waals surface area contributed by atoms with E-state index in [1.54, 1.807) is 41.1 Å². The summed E-state index contributed by atoms with van der Waals surface area (Å²) < 4.78 is 35.9. The van der Waals surface area contributed by atoms with Crippen LogP contribution in [0.25, 0.3) is 0 Å². The number of ketones is 2. The average molecular weight is 956 g/mol. The molecule has 14 heteroatoms. The lowest BCUT2D eigenvalue weighted by Gasteiger charge is -2.42. The van der Waals surface area contributed by atoms with Gasteiger partial charge >= 0.3 is 5.97 Å². The normalized spacial score (nSPS) is 39.2. The number of Topliss-reactive ketones (excluding diaryl/α,β-unsaturated/α-hetero) is 2. The Kier molecular flexibility index (Phi) is 23.0. The third kappa shape index (κ3) is 15.3. The van der Waals surface area contributed by atoms with Gasteiger partial charge in [0, 0.05) is 52.6 Å². The van der Waals surface area contributed by atoms with Crippen LogP contribution in [0.5, 0.6) is 0 Å². The van der Waals surface area contributed by atoms with Gasteiger partial charge in [-0.3, -0.25) is 14.4 Å². The Morgan fingerprint density at radius 3 is 2.29 bits per heavy atom. The molecule has 1 unspecified atom stereocenters. The minimum Gasteiger partial charge on any atom is -0.460 e. The SMILES string of the molecule is C=C1[C@H](C)CC(C)/C=C/C=C/C=C(\C)[C@@H](OC)C[C@@H]2CC[C@@H](C)[C@@](O)(O2)C(=O)C(=O)N2CCCC[C@H]2C(=O)O[C@H]([C@H](C)C[C@@H]2CC[C@@H](OCCO)[C@H](OC)C2)CC(=O)[C@H](C)/C=C(\C)[C@@H](O)[C@H]1OC. The van der Waals surface area contributed by atoms with Gasteiger partial charge in [0.2, 0.25) is 5.79 Å². The highest BCUT2D eigenvalue weighted by molar-refractivity contribution is 6.39. The van der Waals surface area contributed by atoms with Crippen molar-refractivity contribution >= 4 is 23.4 Å². The molecular formula is C54H85NO13. The highest BCUT2D eigenvalue weighted by Crippen LogP contribution is 2.38. The summed E-state index contributed by atoms with van der Waals surface area (Å²) in [6, 6.07) is -1.12. The largest absolute Gasteiger partial charge is 0.460 e. The molecule has 2 saturated heterocycles. The topological polar surface area (TPSA) is 188 Å². The fraction of sp³-hybridized carbons (Fsp3) is 0.741. The predicted molar refractivity (Wildman–Crippen MR) is 260 cm³/mol. The summed E-state index contributed by atoms with van der Waals surface area (Å²) in [7, 11) is 4.78. The number of rotatable bonds is 9. The summed E-state index contributed by atoms with van der Waals surface area (Å²) >= 11 is 0. The number of nitrogens with zero attached hydrogens (tertiary/aromatic N) is 1. The van der Waals surface area contributed by atoms with E-state index < -0.39 is 71.8 Å². The Hall–Kier alpha value is -3.34. The van der Waals surface area contributed by atoms with Crippen LogP contribution >= 0.6 is 0 Å². The first-order chi connectivity index (χ1) is 32.3. The molecule has 3 N–H and O–H groups in total. The van der Waals surface area contributed by atoms with Crippen LogP contribution in [0.4, 0.5) is 0 Å². The van der Waals surface area contributed by atoms with Gasteiger partial charge in [-0.05, 0) is 118 Å². The molecule has 3 aliphatic heterocycles. The van der Waals surface area contributed by atoms with E-state index in [4.69, 9.17) is 28.4 Å². The van der Waals surface area contributed by atoms with Crippen molar-refractivity contribution in [3.63, 3.8) is 0 Å². The highest BCUT2D eigenvalue weighted by Gasteiger charge is 2.53. The van der Waals surface area contributed by atoms with E-state index in [0.717, 1.165) is 30.4 Å². The van der Waals surface area contributed by atoms with E-state index in [9.17, 15) is 34.5 Å². The van der Waals surface area contributed by atoms with Crippen LogP contribution in [0.1, 0.15) is 126 Å². The van der Waals surface area contributed by atoms with Crippen LogP contribution in [0.2, 0.25) is 0 Å². The fourth-order valence-corrected chi connectivity index (χ4v) is 10.6. The molecule has 14 nitrogen and oxygen atoms in total. The van der Waals surface area contributed by atoms with Crippen molar-refractivity contribution in [3.8, 4) is 0 Å². The lowest BCUT2D eigenvalue weighted by atomic mass is 9.78. The Balaban J connectivity index is 1.70. The van der Waals surface area contributed by atoms with Gasteiger partial charge in [0.05, 0.1) is 37.6 Å². The first kappa shape index (κ1) is 57.2. The first-order valence-electron chi connectivity index (χ1n) is 25.2. The van der Waals surface area contributed by atoms with Gasteiger partial charge in [-0.25, -0.2) is 4.79 Å². The lowest BCUT2D eigenvalue weighted by molar-refractivity contribution is -0.265. The van der Waals surface area contributed by atoms with Crippen LogP contribution in [0, 0.1) is 35.5 Å². The Morgan fingerprint density at radius 1 is 0.882 bits per heavy atom. The molecule has 384 valence electrons. The summed E-state index contributed by atoms with van der Waals surface area (Å²) in [5, 5.41) is 33.0. The molecule has 3 heterocycles. The van der Waals surface area contributed by atoms with Crippen LogP contribution in [-0.2, 0) is 47.6 Å². The van der Waals surface area contributed by atoms with Crippen molar-refractivity contribution in [1.82, 2.24) is 4.90 Å². The molecule has 0 aromatic heterocycles. The number of allylic oxidation sites excluding steroid dienone is 6. The number of carbonyl (C=O) groups is 4. The Bertz CT molecular complexity index is 1810. The van der Waals surface area contributed by atoms with Crippen molar-refractivity contribution in [2.75, 3.05) is 41.1 Å². The zero-order valence-corrected chi connectivity index (χ0v) is 42.7. The molecule has 68 heavy (non-hydrogen) atoms. The van der Waals surface area contributed by atoms with Crippen molar-refractivity contribution in [3.05, 3.63) is 59.8 Å². The van der Waals surface area contributed by atoms with E-state index in [1.807, 2.05) is 38.2 Å². The molecule has 15 atom stereocenters. The van der Waals surface area contributed by atoms with Crippen LogP contribution < -0.4 is 0 Å². The number of carbonyl (C=O) groups excluding carboxylic acids is 4. The number of aliphatic hydroxyl groups is 3. The maximum atomic E-state index is 14.5. The minimum atomic E-state index is -2.42. The molecule has 0 aromatic rings. The number of aliphatic hydroxyl groups excluding tert-OH is 2. The van der Waals surface area contributed by atoms with Gasteiger partial charge in [0.15, 0.2) is 0 Å². The summed E-state index contributed by atoms with van der Waals surface area (Å²) in [5.41, 5.74) is 2.20. The molecular weight excluding hydrogens is 871 g/mol. The molecule has 1 saturated carbocycles. The molecule has 4 aliphatic rings. The molecule has 3 fully saturated rings. The number of cyclic esters (lactones) is 1. The Labute approximate surface area is 406 Å². The maximum Gasteiger partial charge on any atom is 0.329 e. The number of piperidine rings is 1. The number of fused-ring (bicyclic) bond motifs is 3. The van der Waals surface area contributed by atoms with Gasteiger partial charge in [-0.1, -0.05) is 77.7 Å². The second-order valence-electron chi connectivity index (χ2n) is 20.3. The van der Waals surface area contributed by atoms with E-state index in [-0.39, 0.29) is 74.3 Å². The molecule has 0 radical (unpaired) electrons. The minimum absolute atomic E-state index is 0.00160. The van der Waals surface area contributed by atoms with Gasteiger partial charge in [-0.2, -0.15) is 0 Å². The molecule has 2 bridgehead atoms. The molecule has 1 aliphatic carbocycles. The maximum absolute atomic E-state index is 14.5. The number of methoxy groups -OCH3 is 3. The second kappa shape index (κ2) is 27.3. The van der Waals surface area contributed by atoms with E-state index in [2.05, 4.69) is 26.5 Å². The summed E-state index contributed by atoms with van der Waals surface area (Å²) in [6.45, 7) is 17.9. The first-order valence-corrected chi connectivity index (χ1v) is 25.2. The summed E-state index contributed by atoms with van der Waals surface area (Å²) in [4.78, 5) is 58.5. The second-order valence-corrected chi connectivity index (χ2v) is 20.3. The number of ether oxygens (including phenoxy) is 6. The number of amides is 1. The number of esters is 1. The monoisotopic (exact) mass is 956 g/mol. The van der Waals surface area contributed by atoms with Crippen molar-refractivity contribution in [2.24, 2.45) is 35.5 Å². The molecule has 0 spiro atoms. The van der Waals surface area contributed by atoms with Gasteiger partial charge in [0.1, 0.15) is 30.1 Å². The van der Waals surface area contributed by atoms with Gasteiger partial charge in [0.25, 0.3) is 11.7 Å². The zero-order valence-electron chi connectivity index (χ0n) is 42.7. The fourth-order valence-electron chi connectivity index (χ4n) is 10.6. The van der Waals surface area contributed by atoms with E-state index in [0.29, 0.717) is 50.5 Å². The Morgan fingerprint density at radius 2 is 1.62 bits per heavy atom. The molecule has 1 amide bonds. The number of hydrogen-bond acceptors (Lipinski definition) is 13. The third-order valence-corrected chi connectivity index (χ3v) is 15.1. The predicted octanol–water partition coefficient (Wildman–Crippen LogP) is 7.18. The van der Waals surface area contributed by atoms with Crippen LogP contribution in [0.3, 0.4) is 0 Å². The molecule has 4 rings (SSSR count). The molecule has 0 aromatic carbocycles. The third-order valence-electron chi connectivity index (χ3n) is 15.1. The van der Waals surface area contributed by atoms with E-state index >= 15 is 0 Å². The van der Waals surface area contributed by atoms with Crippen molar-refractivity contribution in [2.45, 2.75) is 180 Å². The number of hydrogen-bond donors (Lipinski definition) is 3. The summed E-state index contributed by atoms with van der Waals surface area (Å²) in [5.74, 6) is -6.81. The highest BCUT2D eigenvalue weighted by atomic mass is 16.6. The van der Waals surface area contributed by atoms with E-state index in [1.165, 1.54) is 12.0 Å². The van der Waals surface area contributed by atoms with Crippen LogP contribution in [0.15, 0.2) is 59.8 Å². The lowest BCUT2D eigenvalue weighted by Crippen LogP contribution is -2.61. The summed E-state index contributed by atoms with van der Waals surface area (Å²) in [6.07, 6.45) is 13.8. The standard InChI is InChI=1S/C54H85NO13/c1-33-17-13-12-14-18-34(2)46(63-9)31-42-22-20-39(7)54(62,68-42)51(59)52(60)55-24-16-15-19-43(55)53(61)67-47(37(5)29-41-21-23-45(66-26-25-56)48(30-41)64-10)32-44(57)36(4)28-38(6)49(58)50(65-11)40(8)35(3)27-33/h12-14,17-18,28,33,35-37,39,41-43,45-50,56,58,62H,8,15-16,19-27,29-32H2,1-7,9-11H3/b14-12+,17-13+,34-18+,38-28+/t33?,35-,36-,37-,39-,41+,42+,43+,45-,46+,47+,48-,49-,50+,54-/m1/s1. The van der Waals surface area contributed by atoms with Gasteiger partial charge in [-0.15, -0.1) is 0 Å².